The Bertz CT molecular complexity index is 826. The van der Waals surface area contributed by atoms with Crippen molar-refractivity contribution in [1.29, 1.82) is 0 Å². The monoisotopic (exact) mass is 490 g/mol. The zero-order valence-corrected chi connectivity index (χ0v) is 22.6. The number of ether oxygens (including phenoxy) is 1. The van der Waals surface area contributed by atoms with E-state index in [2.05, 4.69) is 34.6 Å². The summed E-state index contributed by atoms with van der Waals surface area (Å²) in [6.45, 7) is 12.8. The Balaban J connectivity index is 1.60. The average Bonchev–Trinajstić information content (AvgIpc) is 3.16. The van der Waals surface area contributed by atoms with Crippen LogP contribution in [0.2, 0.25) is 0 Å². The zero-order valence-electron chi connectivity index (χ0n) is 22.6. The molecule has 9 atom stereocenters. The van der Waals surface area contributed by atoms with Gasteiger partial charge in [-0.05, 0) is 61.7 Å². The van der Waals surface area contributed by atoms with Gasteiger partial charge in [0.15, 0.2) is 23.8 Å². The summed E-state index contributed by atoms with van der Waals surface area (Å²) in [5, 5.41) is 0. The predicted molar refractivity (Wildman–Crippen MR) is 132 cm³/mol. The van der Waals surface area contributed by atoms with Crippen molar-refractivity contribution in [3.8, 4) is 0 Å². The number of hydrogen-bond donors (Lipinski definition) is 0. The molecule has 1 saturated heterocycles. The standard InChI is InChI=1S/C29H46O6/c1-19(2)8-7-9-20(3)23-10-11-24-26(23,5)14-13-25-27(6)15-12-22(33-21(4)32)16-28(27,17-30)34-35-29(24,25)18-31/h17-20,22-25H,7-16H2,1-6H3/t20-,22+,23-,24-,25-,26-,27-,28+,29+/m1/s1. The minimum Gasteiger partial charge on any atom is -0.462 e. The van der Waals surface area contributed by atoms with Crippen LogP contribution in [0.3, 0.4) is 0 Å². The van der Waals surface area contributed by atoms with Crippen molar-refractivity contribution in [3.05, 3.63) is 0 Å². The van der Waals surface area contributed by atoms with Crippen molar-refractivity contribution in [2.45, 2.75) is 123 Å². The lowest BCUT2D eigenvalue weighted by atomic mass is 9.45. The van der Waals surface area contributed by atoms with E-state index in [1.807, 2.05) is 0 Å². The van der Waals surface area contributed by atoms with E-state index >= 15 is 0 Å². The topological polar surface area (TPSA) is 78.9 Å². The van der Waals surface area contributed by atoms with Gasteiger partial charge >= 0.3 is 5.97 Å². The van der Waals surface area contributed by atoms with Gasteiger partial charge in [-0.1, -0.05) is 53.9 Å². The molecule has 4 rings (SSSR count). The SMILES string of the molecule is CC(=O)O[C@H]1CC[C@]2(C)[C@H]3CC[C@]4(C)[C@@H]([C@H](C)CCCC(C)C)CC[C@H]4[C@]3(C=O)OO[C@]2(C=O)C1. The Morgan fingerprint density at radius 1 is 0.971 bits per heavy atom. The lowest BCUT2D eigenvalue weighted by molar-refractivity contribution is -0.482. The molecular formula is C29H46O6. The predicted octanol–water partition coefficient (Wildman–Crippen LogP) is 5.85. The number of hydrogen-bond acceptors (Lipinski definition) is 6. The van der Waals surface area contributed by atoms with Gasteiger partial charge in [0.25, 0.3) is 0 Å². The first-order valence-corrected chi connectivity index (χ1v) is 13.9. The maximum Gasteiger partial charge on any atom is 0.302 e. The van der Waals surface area contributed by atoms with Gasteiger partial charge in [-0.15, -0.1) is 0 Å². The summed E-state index contributed by atoms with van der Waals surface area (Å²) in [7, 11) is 0. The van der Waals surface area contributed by atoms with Crippen molar-refractivity contribution in [2.75, 3.05) is 0 Å². The molecule has 0 aromatic carbocycles. The lowest BCUT2D eigenvalue weighted by Crippen LogP contribution is -2.73. The van der Waals surface area contributed by atoms with E-state index in [9.17, 15) is 14.4 Å². The van der Waals surface area contributed by atoms with Crippen molar-refractivity contribution >= 4 is 18.5 Å². The molecule has 0 unspecified atom stereocenters. The average molecular weight is 491 g/mol. The van der Waals surface area contributed by atoms with Gasteiger partial charge < -0.3 is 4.74 Å². The Morgan fingerprint density at radius 3 is 2.34 bits per heavy atom. The fraction of sp³-hybridized carbons (Fsp3) is 0.897. The Labute approximate surface area is 211 Å². The molecule has 4 aliphatic rings. The number of esters is 1. The van der Waals surface area contributed by atoms with Crippen molar-refractivity contribution in [1.82, 2.24) is 0 Å². The van der Waals surface area contributed by atoms with Crippen LogP contribution in [0.25, 0.3) is 0 Å². The summed E-state index contributed by atoms with van der Waals surface area (Å²) in [5.41, 5.74) is -2.77. The quantitative estimate of drug-likeness (QED) is 0.241. The maximum absolute atomic E-state index is 13.0. The van der Waals surface area contributed by atoms with Gasteiger partial charge in [0.2, 0.25) is 0 Å². The molecule has 4 fully saturated rings. The molecule has 0 N–H and O–H groups in total. The van der Waals surface area contributed by atoms with E-state index in [1.165, 1.54) is 26.2 Å². The van der Waals surface area contributed by atoms with Crippen LogP contribution in [0, 0.1) is 40.4 Å². The van der Waals surface area contributed by atoms with Crippen LogP contribution >= 0.6 is 0 Å². The largest absolute Gasteiger partial charge is 0.462 e. The molecule has 35 heavy (non-hydrogen) atoms. The summed E-state index contributed by atoms with van der Waals surface area (Å²) >= 11 is 0. The molecule has 198 valence electrons. The highest BCUT2D eigenvalue weighted by Gasteiger charge is 2.73. The Kier molecular flexibility index (Phi) is 7.31. The van der Waals surface area contributed by atoms with Gasteiger partial charge in [0, 0.05) is 30.6 Å². The summed E-state index contributed by atoms with van der Waals surface area (Å²) in [6.07, 6.45) is 10.8. The minimum absolute atomic E-state index is 0.0184. The van der Waals surface area contributed by atoms with E-state index in [0.29, 0.717) is 24.7 Å². The highest BCUT2D eigenvalue weighted by Crippen LogP contribution is 2.69. The minimum atomic E-state index is -1.21. The highest BCUT2D eigenvalue weighted by atomic mass is 17.2. The smallest absolute Gasteiger partial charge is 0.302 e. The van der Waals surface area contributed by atoms with Gasteiger partial charge in [-0.3, -0.25) is 14.4 Å². The number of aldehydes is 2. The molecule has 0 bridgehead atoms. The number of carbonyl (C=O) groups is 3. The van der Waals surface area contributed by atoms with E-state index in [4.69, 9.17) is 14.5 Å². The molecular weight excluding hydrogens is 444 g/mol. The van der Waals surface area contributed by atoms with Gasteiger partial charge in [-0.25, -0.2) is 9.78 Å². The molecule has 0 amide bonds. The molecule has 1 heterocycles. The number of carbonyl (C=O) groups excluding carboxylic acids is 3. The van der Waals surface area contributed by atoms with E-state index in [-0.39, 0.29) is 35.7 Å². The van der Waals surface area contributed by atoms with Crippen molar-refractivity contribution in [2.24, 2.45) is 40.4 Å². The maximum atomic E-state index is 13.0. The second-order valence-corrected chi connectivity index (χ2v) is 13.2. The normalized spacial score (nSPS) is 45.7. The molecule has 6 heteroatoms. The fourth-order valence-electron chi connectivity index (χ4n) is 9.02. The first-order chi connectivity index (χ1) is 16.5. The molecule has 1 aliphatic heterocycles. The first-order valence-electron chi connectivity index (χ1n) is 13.9. The molecule has 0 aromatic rings. The molecule has 3 saturated carbocycles. The van der Waals surface area contributed by atoms with Crippen LogP contribution in [-0.2, 0) is 28.9 Å². The Morgan fingerprint density at radius 2 is 1.71 bits per heavy atom. The van der Waals surface area contributed by atoms with Crippen molar-refractivity contribution < 1.29 is 28.9 Å². The van der Waals surface area contributed by atoms with E-state index < -0.39 is 16.6 Å². The second-order valence-electron chi connectivity index (χ2n) is 13.2. The van der Waals surface area contributed by atoms with Crippen LogP contribution < -0.4 is 0 Å². The third kappa shape index (κ3) is 4.11. The van der Waals surface area contributed by atoms with E-state index in [1.54, 1.807) is 0 Å². The molecule has 3 aliphatic carbocycles. The van der Waals surface area contributed by atoms with Crippen LogP contribution in [0.5, 0.6) is 0 Å². The first kappa shape index (κ1) is 26.8. The van der Waals surface area contributed by atoms with Gasteiger partial charge in [0.05, 0.1) is 0 Å². The third-order valence-corrected chi connectivity index (χ3v) is 10.9. The van der Waals surface area contributed by atoms with E-state index in [0.717, 1.165) is 44.2 Å². The summed E-state index contributed by atoms with van der Waals surface area (Å²) in [6, 6.07) is 0. The number of fused-ring (bicyclic) bond motifs is 5. The molecule has 0 aromatic heterocycles. The second kappa shape index (κ2) is 9.55. The fourth-order valence-corrected chi connectivity index (χ4v) is 9.02. The zero-order chi connectivity index (χ0) is 25.6. The van der Waals surface area contributed by atoms with Crippen LogP contribution in [0.4, 0.5) is 0 Å². The Hall–Kier alpha value is -1.27. The highest BCUT2D eigenvalue weighted by molar-refractivity contribution is 5.70. The van der Waals surface area contributed by atoms with Crippen LogP contribution in [-0.4, -0.2) is 35.8 Å². The summed E-state index contributed by atoms with van der Waals surface area (Å²) in [5.74, 6) is 1.52. The van der Waals surface area contributed by atoms with Crippen molar-refractivity contribution in [3.63, 3.8) is 0 Å². The third-order valence-electron chi connectivity index (χ3n) is 10.9. The molecule has 0 radical (unpaired) electrons. The van der Waals surface area contributed by atoms with Gasteiger partial charge in [-0.2, -0.15) is 0 Å². The summed E-state index contributed by atoms with van der Waals surface area (Å²) in [4.78, 5) is 49.4. The summed E-state index contributed by atoms with van der Waals surface area (Å²) < 4.78 is 5.47. The molecule has 0 spiro atoms. The lowest BCUT2D eigenvalue weighted by Gasteiger charge is -2.65. The van der Waals surface area contributed by atoms with Crippen LogP contribution in [0.15, 0.2) is 0 Å². The molecule has 6 nitrogen and oxygen atoms in total. The number of rotatable bonds is 8. The van der Waals surface area contributed by atoms with Crippen LogP contribution in [0.1, 0.15) is 106 Å². The van der Waals surface area contributed by atoms with Gasteiger partial charge in [0.1, 0.15) is 6.10 Å².